The molecule has 100 valence electrons. The van der Waals surface area contributed by atoms with Gasteiger partial charge in [0.1, 0.15) is 0 Å². The summed E-state index contributed by atoms with van der Waals surface area (Å²) in [5, 5.41) is 9.12. The average Bonchev–Trinajstić information content (AvgIpc) is 2.38. The van der Waals surface area contributed by atoms with Crippen LogP contribution in [0.3, 0.4) is 0 Å². The molecule has 0 aromatic rings. The lowest BCUT2D eigenvalue weighted by Crippen LogP contribution is -2.37. The Balaban J connectivity index is 2.00. The third-order valence-corrected chi connectivity index (χ3v) is 3.40. The summed E-state index contributed by atoms with van der Waals surface area (Å²) in [7, 11) is 0. The summed E-state index contributed by atoms with van der Waals surface area (Å²) >= 11 is 0. The number of hydrogen-bond donors (Lipinski definition) is 3. The lowest BCUT2D eigenvalue weighted by Gasteiger charge is -2.31. The van der Waals surface area contributed by atoms with Crippen LogP contribution in [0.4, 0.5) is 0 Å². The van der Waals surface area contributed by atoms with Crippen molar-refractivity contribution in [1.82, 2.24) is 10.3 Å². The van der Waals surface area contributed by atoms with Gasteiger partial charge in [0.2, 0.25) is 5.91 Å². The van der Waals surface area contributed by atoms with Gasteiger partial charge in [-0.3, -0.25) is 10.2 Å². The van der Waals surface area contributed by atoms with Gasteiger partial charge in [-0.2, -0.15) is 0 Å². The molecule has 0 aromatic heterocycles. The van der Waals surface area contributed by atoms with Crippen LogP contribution < -0.4 is 11.3 Å². The monoisotopic (exact) mass is 243 g/mol. The van der Waals surface area contributed by atoms with Crippen molar-refractivity contribution >= 4 is 5.91 Å². The van der Waals surface area contributed by atoms with Crippen LogP contribution in [-0.4, -0.2) is 42.2 Å². The zero-order valence-corrected chi connectivity index (χ0v) is 10.5. The zero-order valence-electron chi connectivity index (χ0n) is 10.5. The normalized spacial score (nSPS) is 21.4. The second kappa shape index (κ2) is 8.44. The highest BCUT2D eigenvalue weighted by Crippen LogP contribution is 2.16. The molecule has 1 rings (SSSR count). The molecule has 1 heterocycles. The first kappa shape index (κ1) is 14.4. The molecule has 1 aliphatic heterocycles. The Morgan fingerprint density at radius 2 is 2.24 bits per heavy atom. The molecule has 0 aliphatic carbocycles. The lowest BCUT2D eigenvalue weighted by molar-refractivity contribution is -0.121. The molecule has 17 heavy (non-hydrogen) atoms. The number of rotatable bonds is 7. The topological polar surface area (TPSA) is 78.6 Å². The molecule has 1 atom stereocenters. The minimum atomic E-state index is -0.0803. The number of amides is 1. The number of nitrogens with zero attached hydrogens (tertiary/aromatic N) is 1. The van der Waals surface area contributed by atoms with Gasteiger partial charge in [-0.15, -0.1) is 0 Å². The summed E-state index contributed by atoms with van der Waals surface area (Å²) in [5.41, 5.74) is 2.14. The van der Waals surface area contributed by atoms with Crippen LogP contribution in [0.15, 0.2) is 0 Å². The van der Waals surface area contributed by atoms with Crippen molar-refractivity contribution in [2.24, 2.45) is 11.8 Å². The Morgan fingerprint density at radius 1 is 1.41 bits per heavy atom. The smallest absolute Gasteiger partial charge is 0.233 e. The Bertz CT molecular complexity index is 224. The van der Waals surface area contributed by atoms with Crippen molar-refractivity contribution in [2.45, 2.75) is 38.5 Å². The molecule has 5 heteroatoms. The molecule has 1 aliphatic rings. The summed E-state index contributed by atoms with van der Waals surface area (Å²) < 4.78 is 0. The van der Waals surface area contributed by atoms with E-state index >= 15 is 0 Å². The van der Waals surface area contributed by atoms with Gasteiger partial charge < -0.3 is 10.0 Å². The molecular weight excluding hydrogens is 218 g/mol. The van der Waals surface area contributed by atoms with E-state index in [4.69, 9.17) is 10.9 Å². The van der Waals surface area contributed by atoms with Gasteiger partial charge in [-0.05, 0) is 44.7 Å². The maximum Gasteiger partial charge on any atom is 0.233 e. The van der Waals surface area contributed by atoms with Crippen molar-refractivity contribution < 1.29 is 9.90 Å². The minimum Gasteiger partial charge on any atom is -0.396 e. The largest absolute Gasteiger partial charge is 0.396 e. The van der Waals surface area contributed by atoms with Crippen LogP contribution in [0.1, 0.15) is 38.5 Å². The minimum absolute atomic E-state index is 0.0803. The SMILES string of the molecule is NNC(=O)CCCCCN1CCCC(CO)C1. The number of nitrogens with one attached hydrogen (secondary N) is 1. The highest BCUT2D eigenvalue weighted by Gasteiger charge is 2.18. The number of piperidine rings is 1. The van der Waals surface area contributed by atoms with Crippen molar-refractivity contribution in [3.63, 3.8) is 0 Å². The van der Waals surface area contributed by atoms with Gasteiger partial charge in [-0.25, -0.2) is 5.84 Å². The standard InChI is InChI=1S/C12H25N3O2/c13-14-12(17)6-2-1-3-7-15-8-4-5-11(9-15)10-16/h11,16H,1-10,13H2,(H,14,17). The first-order chi connectivity index (χ1) is 8.26. The molecule has 4 N–H and O–H groups in total. The van der Waals surface area contributed by atoms with Crippen molar-refractivity contribution in [1.29, 1.82) is 0 Å². The van der Waals surface area contributed by atoms with Crippen LogP contribution in [0.5, 0.6) is 0 Å². The molecule has 0 radical (unpaired) electrons. The molecule has 0 bridgehead atoms. The van der Waals surface area contributed by atoms with Gasteiger partial charge in [-0.1, -0.05) is 6.42 Å². The van der Waals surface area contributed by atoms with E-state index in [0.717, 1.165) is 45.3 Å². The second-order valence-electron chi connectivity index (χ2n) is 4.87. The Kier molecular flexibility index (Phi) is 7.16. The first-order valence-electron chi connectivity index (χ1n) is 6.59. The van der Waals surface area contributed by atoms with Crippen LogP contribution >= 0.6 is 0 Å². The van der Waals surface area contributed by atoms with E-state index in [1.165, 1.54) is 6.42 Å². The molecule has 0 saturated carbocycles. The third-order valence-electron chi connectivity index (χ3n) is 3.40. The number of hydrogen-bond acceptors (Lipinski definition) is 4. The zero-order chi connectivity index (χ0) is 12.5. The predicted molar refractivity (Wildman–Crippen MR) is 67.0 cm³/mol. The van der Waals surface area contributed by atoms with Crippen LogP contribution in [0.2, 0.25) is 0 Å². The summed E-state index contributed by atoms with van der Waals surface area (Å²) in [5.74, 6) is 5.39. The number of hydrazine groups is 1. The Morgan fingerprint density at radius 3 is 2.94 bits per heavy atom. The number of aliphatic hydroxyl groups is 1. The number of carbonyl (C=O) groups is 1. The van der Waals surface area contributed by atoms with Gasteiger partial charge in [0, 0.05) is 19.6 Å². The van der Waals surface area contributed by atoms with E-state index in [0.29, 0.717) is 18.9 Å². The van der Waals surface area contributed by atoms with Crippen LogP contribution in [0.25, 0.3) is 0 Å². The summed E-state index contributed by atoms with van der Waals surface area (Å²) in [4.78, 5) is 13.3. The van der Waals surface area contributed by atoms with Crippen molar-refractivity contribution in [3.8, 4) is 0 Å². The second-order valence-corrected chi connectivity index (χ2v) is 4.87. The number of likely N-dealkylation sites (tertiary alicyclic amines) is 1. The van der Waals surface area contributed by atoms with Crippen LogP contribution in [0, 0.1) is 5.92 Å². The van der Waals surface area contributed by atoms with E-state index in [9.17, 15) is 4.79 Å². The maximum absolute atomic E-state index is 10.9. The highest BCUT2D eigenvalue weighted by molar-refractivity contribution is 5.74. The fourth-order valence-corrected chi connectivity index (χ4v) is 2.37. The fourth-order valence-electron chi connectivity index (χ4n) is 2.37. The van der Waals surface area contributed by atoms with Crippen LogP contribution in [-0.2, 0) is 4.79 Å². The fraction of sp³-hybridized carbons (Fsp3) is 0.917. The van der Waals surface area contributed by atoms with Crippen molar-refractivity contribution in [2.75, 3.05) is 26.2 Å². The molecular formula is C12H25N3O2. The molecule has 0 spiro atoms. The highest BCUT2D eigenvalue weighted by atomic mass is 16.3. The Hall–Kier alpha value is -0.650. The van der Waals surface area contributed by atoms with Crippen molar-refractivity contribution in [3.05, 3.63) is 0 Å². The molecule has 1 fully saturated rings. The number of carbonyl (C=O) groups excluding carboxylic acids is 1. The third kappa shape index (κ3) is 6.00. The van der Waals surface area contributed by atoms with E-state index < -0.39 is 0 Å². The van der Waals surface area contributed by atoms with E-state index in [2.05, 4.69) is 10.3 Å². The van der Waals surface area contributed by atoms with Gasteiger partial charge in [0.15, 0.2) is 0 Å². The number of unbranched alkanes of at least 4 members (excludes halogenated alkanes) is 2. The number of aliphatic hydroxyl groups excluding tert-OH is 1. The van der Waals surface area contributed by atoms with E-state index in [-0.39, 0.29) is 5.91 Å². The Labute approximate surface area is 103 Å². The summed E-state index contributed by atoms with van der Waals surface area (Å²) in [6.07, 6.45) is 5.96. The predicted octanol–water partition coefficient (Wildman–Crippen LogP) is 0.241. The summed E-state index contributed by atoms with van der Waals surface area (Å²) in [6, 6.07) is 0. The average molecular weight is 243 g/mol. The molecule has 1 saturated heterocycles. The van der Waals surface area contributed by atoms with Gasteiger partial charge in [0.25, 0.3) is 0 Å². The van der Waals surface area contributed by atoms with Gasteiger partial charge in [0.05, 0.1) is 0 Å². The maximum atomic E-state index is 10.9. The number of nitrogens with two attached hydrogens (primary N) is 1. The first-order valence-corrected chi connectivity index (χ1v) is 6.59. The molecule has 1 unspecified atom stereocenters. The summed E-state index contributed by atoms with van der Waals surface area (Å²) in [6.45, 7) is 3.58. The molecule has 1 amide bonds. The quantitative estimate of drug-likeness (QED) is 0.259. The van der Waals surface area contributed by atoms with E-state index in [1.54, 1.807) is 0 Å². The molecule has 5 nitrogen and oxygen atoms in total. The molecule has 0 aromatic carbocycles. The lowest BCUT2D eigenvalue weighted by atomic mass is 9.99. The van der Waals surface area contributed by atoms with E-state index in [1.807, 2.05) is 0 Å². The van der Waals surface area contributed by atoms with Gasteiger partial charge >= 0.3 is 0 Å².